The van der Waals surface area contributed by atoms with Crippen molar-refractivity contribution in [3.63, 3.8) is 0 Å². The molecule has 1 aromatic rings. The van der Waals surface area contributed by atoms with Gasteiger partial charge in [-0.05, 0) is 12.1 Å². The van der Waals surface area contributed by atoms with Crippen molar-refractivity contribution in [2.45, 2.75) is 11.0 Å². The molecule has 134 valence electrons. The molecule has 1 atom stereocenters. The number of nitrogens with one attached hydrogen (secondary N) is 1. The van der Waals surface area contributed by atoms with Gasteiger partial charge in [-0.25, -0.2) is 17.9 Å². The van der Waals surface area contributed by atoms with Crippen LogP contribution in [0.5, 0.6) is 0 Å². The number of primary sulfonamides is 1. The molecule has 2 rings (SSSR count). The first-order valence-electron chi connectivity index (χ1n) is 7.26. The van der Waals surface area contributed by atoms with Gasteiger partial charge in [-0.1, -0.05) is 0 Å². The number of hydrogen-bond acceptors (Lipinski definition) is 7. The van der Waals surface area contributed by atoms with Gasteiger partial charge in [0.05, 0.1) is 22.5 Å². The van der Waals surface area contributed by atoms with Gasteiger partial charge in [0.1, 0.15) is 12.4 Å². The maximum absolute atomic E-state index is 12.4. The number of hydrogen-bond donors (Lipinski definition) is 2. The number of rotatable bonds is 7. The third-order valence-corrected chi connectivity index (χ3v) is 4.55. The smallest absolute Gasteiger partial charge is 0.293 e. The van der Waals surface area contributed by atoms with Gasteiger partial charge in [-0.2, -0.15) is 0 Å². The second-order valence-corrected chi connectivity index (χ2v) is 6.91. The van der Waals surface area contributed by atoms with E-state index >= 15 is 0 Å². The average molecular weight is 362 g/mol. The summed E-state index contributed by atoms with van der Waals surface area (Å²) in [7, 11) is -4.02. The normalized spacial score (nSPS) is 19.2. The highest BCUT2D eigenvalue weighted by Gasteiger charge is 2.23. The van der Waals surface area contributed by atoms with Gasteiger partial charge in [-0.15, -0.1) is 0 Å². The molecule has 1 fully saturated rings. The summed E-state index contributed by atoms with van der Waals surface area (Å²) in [6, 6.07) is 3.40. The molecule has 0 spiro atoms. The number of anilines is 1. The predicted octanol–water partition coefficient (Wildman–Crippen LogP) is 0.324. The fourth-order valence-electron chi connectivity index (χ4n) is 2.44. The summed E-state index contributed by atoms with van der Waals surface area (Å²) in [4.78, 5) is 12.0. The van der Waals surface area contributed by atoms with Crippen LogP contribution in [0.15, 0.2) is 23.1 Å². The van der Waals surface area contributed by atoms with Crippen LogP contribution in [0.3, 0.4) is 0 Å². The summed E-state index contributed by atoms with van der Waals surface area (Å²) >= 11 is 0. The third-order valence-electron chi connectivity index (χ3n) is 3.64. The molecule has 1 aliphatic rings. The number of ether oxygens (including phenoxy) is 1. The van der Waals surface area contributed by atoms with Crippen LogP contribution in [0.1, 0.15) is 0 Å². The van der Waals surface area contributed by atoms with Crippen LogP contribution in [0.25, 0.3) is 0 Å². The zero-order chi connectivity index (χ0) is 17.7. The summed E-state index contributed by atoms with van der Waals surface area (Å²) in [6.07, 6.45) is -0.247. The van der Waals surface area contributed by atoms with Crippen molar-refractivity contribution in [1.82, 2.24) is 4.90 Å². The van der Waals surface area contributed by atoms with Crippen LogP contribution in [0.2, 0.25) is 0 Å². The number of nitro benzene ring substituents is 1. The van der Waals surface area contributed by atoms with Crippen LogP contribution in [-0.2, 0) is 14.8 Å². The van der Waals surface area contributed by atoms with Gasteiger partial charge in [0, 0.05) is 32.2 Å². The molecule has 0 amide bonds. The van der Waals surface area contributed by atoms with E-state index in [-0.39, 0.29) is 23.2 Å². The van der Waals surface area contributed by atoms with Gasteiger partial charge in [0.2, 0.25) is 10.0 Å². The first-order valence-corrected chi connectivity index (χ1v) is 8.81. The van der Waals surface area contributed by atoms with Crippen molar-refractivity contribution in [1.29, 1.82) is 0 Å². The van der Waals surface area contributed by atoms with E-state index in [0.717, 1.165) is 6.07 Å². The van der Waals surface area contributed by atoms with Crippen molar-refractivity contribution in [3.05, 3.63) is 28.3 Å². The Morgan fingerprint density at radius 3 is 2.88 bits per heavy atom. The molecule has 1 aromatic carbocycles. The van der Waals surface area contributed by atoms with E-state index in [2.05, 4.69) is 5.32 Å². The van der Waals surface area contributed by atoms with E-state index in [0.29, 0.717) is 26.2 Å². The lowest BCUT2D eigenvalue weighted by Crippen LogP contribution is -2.45. The van der Waals surface area contributed by atoms with Gasteiger partial charge < -0.3 is 10.1 Å². The predicted molar refractivity (Wildman–Crippen MR) is 85.1 cm³/mol. The molecule has 1 saturated heterocycles. The van der Waals surface area contributed by atoms with Crippen molar-refractivity contribution in [2.75, 3.05) is 44.8 Å². The maximum Gasteiger partial charge on any atom is 0.293 e. The summed E-state index contributed by atoms with van der Waals surface area (Å²) < 4.78 is 40.5. The quantitative estimate of drug-likeness (QED) is 0.528. The number of benzene rings is 1. The molecular formula is C13H19FN4O5S. The summed E-state index contributed by atoms with van der Waals surface area (Å²) in [5.41, 5.74) is -0.225. The van der Waals surface area contributed by atoms with Crippen molar-refractivity contribution in [3.8, 4) is 0 Å². The molecule has 0 saturated carbocycles. The second kappa shape index (κ2) is 7.83. The Morgan fingerprint density at radius 2 is 2.25 bits per heavy atom. The average Bonchev–Trinajstić information content (AvgIpc) is 2.52. The number of sulfonamides is 1. The molecule has 1 heterocycles. The lowest BCUT2D eigenvalue weighted by molar-refractivity contribution is -0.384. The highest BCUT2D eigenvalue weighted by molar-refractivity contribution is 7.89. The maximum atomic E-state index is 12.4. The van der Waals surface area contributed by atoms with Gasteiger partial charge in [-0.3, -0.25) is 15.0 Å². The third kappa shape index (κ3) is 4.84. The number of nitrogens with two attached hydrogens (primary N) is 1. The summed E-state index contributed by atoms with van der Waals surface area (Å²) in [6.45, 7) is 1.77. The minimum Gasteiger partial charge on any atom is -0.377 e. The molecule has 1 aliphatic heterocycles. The monoisotopic (exact) mass is 362 g/mol. The number of morpholine rings is 1. The van der Waals surface area contributed by atoms with Crippen LogP contribution in [0, 0.1) is 10.1 Å². The summed E-state index contributed by atoms with van der Waals surface area (Å²) in [5, 5.41) is 19.0. The Bertz CT molecular complexity index is 698. The number of nitrogens with zero attached hydrogens (tertiary/aromatic N) is 2. The minimum atomic E-state index is -4.02. The van der Waals surface area contributed by atoms with Crippen molar-refractivity contribution < 1.29 is 22.5 Å². The van der Waals surface area contributed by atoms with E-state index in [9.17, 15) is 22.9 Å². The van der Waals surface area contributed by atoms with Crippen LogP contribution in [-0.4, -0.2) is 63.8 Å². The lowest BCUT2D eigenvalue weighted by Gasteiger charge is -2.32. The standard InChI is InChI=1S/C13H19FN4O5S/c14-3-4-17-5-6-23-10(9-17)8-16-12-2-1-11(24(15,21)22)7-13(12)18(19)20/h1-2,7,10,16H,3-6,8-9H2,(H2,15,21,22). The zero-order valence-corrected chi connectivity index (χ0v) is 13.7. The second-order valence-electron chi connectivity index (χ2n) is 5.34. The van der Waals surface area contributed by atoms with Crippen molar-refractivity contribution >= 4 is 21.4 Å². The Morgan fingerprint density at radius 1 is 1.50 bits per heavy atom. The van der Waals surface area contributed by atoms with E-state index in [1.54, 1.807) is 0 Å². The Hall–Kier alpha value is -1.82. The Kier molecular flexibility index (Phi) is 6.04. The zero-order valence-electron chi connectivity index (χ0n) is 12.9. The van der Waals surface area contributed by atoms with Crippen LogP contribution >= 0.6 is 0 Å². The van der Waals surface area contributed by atoms with Gasteiger partial charge >= 0.3 is 0 Å². The van der Waals surface area contributed by atoms with E-state index in [1.165, 1.54) is 12.1 Å². The Labute approximate surface area is 138 Å². The summed E-state index contributed by atoms with van der Waals surface area (Å²) in [5.74, 6) is 0. The topological polar surface area (TPSA) is 128 Å². The number of nitro groups is 1. The first-order chi connectivity index (χ1) is 11.3. The van der Waals surface area contributed by atoms with E-state index < -0.39 is 27.3 Å². The van der Waals surface area contributed by atoms with Crippen LogP contribution < -0.4 is 10.5 Å². The van der Waals surface area contributed by atoms with Crippen LogP contribution in [0.4, 0.5) is 15.8 Å². The van der Waals surface area contributed by atoms with Gasteiger partial charge in [0.25, 0.3) is 5.69 Å². The number of halogens is 1. The van der Waals surface area contributed by atoms with Crippen molar-refractivity contribution in [2.24, 2.45) is 5.14 Å². The Balaban J connectivity index is 2.08. The molecule has 0 aromatic heterocycles. The number of alkyl halides is 1. The molecular weight excluding hydrogens is 343 g/mol. The largest absolute Gasteiger partial charge is 0.377 e. The fourth-order valence-corrected chi connectivity index (χ4v) is 2.97. The lowest BCUT2D eigenvalue weighted by atomic mass is 10.2. The molecule has 0 aliphatic carbocycles. The highest BCUT2D eigenvalue weighted by atomic mass is 32.2. The molecule has 0 bridgehead atoms. The molecule has 3 N–H and O–H groups in total. The highest BCUT2D eigenvalue weighted by Crippen LogP contribution is 2.27. The van der Waals surface area contributed by atoms with E-state index in [1.807, 2.05) is 4.90 Å². The molecule has 11 heteroatoms. The molecule has 24 heavy (non-hydrogen) atoms. The van der Waals surface area contributed by atoms with E-state index in [4.69, 9.17) is 9.88 Å². The molecule has 9 nitrogen and oxygen atoms in total. The fraction of sp³-hybridized carbons (Fsp3) is 0.538. The molecule has 0 radical (unpaired) electrons. The molecule has 1 unspecified atom stereocenters. The SMILES string of the molecule is NS(=O)(=O)c1ccc(NCC2CN(CCF)CCO2)c([N+](=O)[O-])c1. The first kappa shape index (κ1) is 18.5. The van der Waals surface area contributed by atoms with Gasteiger partial charge in [0.15, 0.2) is 0 Å². The minimum absolute atomic E-state index is 0.165.